The fraction of sp³-hybridized carbons (Fsp3) is 0. The molecule has 2 heterocycles. The lowest BCUT2D eigenvalue weighted by Gasteiger charge is -2.18. The zero-order valence-electron chi connectivity index (χ0n) is 31.3. The second-order valence-electron chi connectivity index (χ2n) is 16.3. The predicted molar refractivity (Wildman–Crippen MR) is 248 cm³/mol. The van der Waals surface area contributed by atoms with Gasteiger partial charge in [0.1, 0.15) is 11.2 Å². The normalized spacial score (nSPS) is 12.8. The Morgan fingerprint density at radius 2 is 0.780 bits per heavy atom. The Morgan fingerprint density at radius 1 is 0.288 bits per heavy atom. The van der Waals surface area contributed by atoms with Gasteiger partial charge in [0, 0.05) is 43.6 Å². The van der Waals surface area contributed by atoms with Crippen molar-refractivity contribution in [3.05, 3.63) is 169 Å². The molecule has 13 aromatic rings. The van der Waals surface area contributed by atoms with Crippen molar-refractivity contribution < 1.29 is 8.83 Å². The van der Waals surface area contributed by atoms with Gasteiger partial charge in [0.05, 0.1) is 5.02 Å². The summed E-state index contributed by atoms with van der Waals surface area (Å²) in [5, 5.41) is 17.2. The molecule has 3 heteroatoms. The van der Waals surface area contributed by atoms with Crippen LogP contribution in [0.2, 0.25) is 5.02 Å². The molecule has 2 aromatic heterocycles. The van der Waals surface area contributed by atoms with Crippen LogP contribution in [0.25, 0.3) is 153 Å². The van der Waals surface area contributed by atoms with E-state index in [2.05, 4.69) is 152 Å². The highest BCUT2D eigenvalue weighted by Gasteiger charge is 2.30. The van der Waals surface area contributed by atoms with Crippen LogP contribution in [0.15, 0.2) is 173 Å². The third kappa shape index (κ3) is 3.67. The average molecular weight is 767 g/mol. The Bertz CT molecular complexity index is 4130. The van der Waals surface area contributed by atoms with Crippen LogP contribution < -0.4 is 0 Å². The van der Waals surface area contributed by atoms with E-state index in [1.807, 2.05) is 12.1 Å². The maximum Gasteiger partial charge on any atom is 0.178 e. The predicted octanol–water partition coefficient (Wildman–Crippen LogP) is 16.9. The Morgan fingerprint density at radius 3 is 1.51 bits per heavy atom. The molecule has 0 radical (unpaired) electrons. The number of halogens is 1. The van der Waals surface area contributed by atoms with Gasteiger partial charge in [-0.05, 0) is 118 Å². The second kappa shape index (κ2) is 10.6. The van der Waals surface area contributed by atoms with Crippen molar-refractivity contribution >= 4 is 109 Å². The minimum absolute atomic E-state index is 0.780. The first-order chi connectivity index (χ1) is 29.2. The molecule has 0 aliphatic heterocycles. The van der Waals surface area contributed by atoms with Gasteiger partial charge in [0.15, 0.2) is 11.2 Å². The number of hydrogen-bond acceptors (Lipinski definition) is 2. The van der Waals surface area contributed by atoms with Crippen LogP contribution in [0.5, 0.6) is 0 Å². The molecule has 11 aromatic carbocycles. The molecule has 0 fully saturated rings. The summed E-state index contributed by atoms with van der Waals surface area (Å²) in [5.74, 6) is 0. The Balaban J connectivity index is 1.07. The standard InChI is InChI=1S/C56H27ClO2/c57-53-36-23-21-30-31(44(36)27-46-34-14-4-9-29-11-6-17-41(49(29)34)52(46)53)20-22-35-43(30)26-45-33-13-3-8-28-10-5-16-40(48(28)33)51(45)50(35)42-18-7-15-37-39-25-24-38-32-12-1-2-19-47(32)58-55(38)56(39)59-54(37)42/h1-27H. The van der Waals surface area contributed by atoms with Crippen molar-refractivity contribution in [3.63, 3.8) is 0 Å². The van der Waals surface area contributed by atoms with Gasteiger partial charge in [0.2, 0.25) is 0 Å². The number of para-hydroxylation sites is 2. The molecule has 0 saturated heterocycles. The van der Waals surface area contributed by atoms with Crippen molar-refractivity contribution in [2.24, 2.45) is 0 Å². The maximum absolute atomic E-state index is 7.49. The molecule has 0 N–H and O–H groups in total. The van der Waals surface area contributed by atoms with Gasteiger partial charge in [-0.1, -0.05) is 145 Å². The molecule has 0 unspecified atom stereocenters. The number of hydrogen-bond donors (Lipinski definition) is 0. The van der Waals surface area contributed by atoms with Crippen molar-refractivity contribution in [1.29, 1.82) is 0 Å². The summed E-state index contributed by atoms with van der Waals surface area (Å²) < 4.78 is 13.6. The topological polar surface area (TPSA) is 26.3 Å². The van der Waals surface area contributed by atoms with Gasteiger partial charge in [-0.3, -0.25) is 0 Å². The van der Waals surface area contributed by atoms with Crippen LogP contribution in [0, 0.1) is 0 Å². The van der Waals surface area contributed by atoms with Crippen LogP contribution >= 0.6 is 11.6 Å². The molecule has 0 saturated carbocycles. The molecule has 2 aliphatic carbocycles. The van der Waals surface area contributed by atoms with Gasteiger partial charge >= 0.3 is 0 Å². The van der Waals surface area contributed by atoms with E-state index in [0.717, 1.165) is 65.4 Å². The molecule has 2 aliphatic rings. The van der Waals surface area contributed by atoms with Crippen LogP contribution in [0.1, 0.15) is 0 Å². The highest BCUT2D eigenvalue weighted by molar-refractivity contribution is 6.42. The highest BCUT2D eigenvalue weighted by Crippen LogP contribution is 2.57. The minimum Gasteiger partial charge on any atom is -0.452 e. The van der Waals surface area contributed by atoms with Crippen molar-refractivity contribution in [1.82, 2.24) is 0 Å². The zero-order valence-corrected chi connectivity index (χ0v) is 32.0. The van der Waals surface area contributed by atoms with Gasteiger partial charge in [-0.2, -0.15) is 0 Å². The van der Waals surface area contributed by atoms with Crippen LogP contribution in [0.4, 0.5) is 0 Å². The molecule has 2 nitrogen and oxygen atoms in total. The van der Waals surface area contributed by atoms with Crippen LogP contribution in [-0.4, -0.2) is 0 Å². The number of fused-ring (bicyclic) bond motifs is 18. The molecule has 0 atom stereocenters. The van der Waals surface area contributed by atoms with E-state index in [-0.39, 0.29) is 0 Å². The quantitative estimate of drug-likeness (QED) is 0.156. The summed E-state index contributed by atoms with van der Waals surface area (Å²) in [6.07, 6.45) is 0. The number of furan rings is 2. The average Bonchev–Trinajstić information content (AvgIpc) is 4.03. The molecular formula is C56H27ClO2. The van der Waals surface area contributed by atoms with E-state index in [4.69, 9.17) is 20.4 Å². The minimum atomic E-state index is 0.780. The van der Waals surface area contributed by atoms with Crippen molar-refractivity contribution in [2.75, 3.05) is 0 Å². The summed E-state index contributed by atoms with van der Waals surface area (Å²) in [5.41, 5.74) is 15.4. The lowest BCUT2D eigenvalue weighted by atomic mass is 9.85. The third-order valence-corrected chi connectivity index (χ3v) is 14.0. The van der Waals surface area contributed by atoms with Gasteiger partial charge in [-0.15, -0.1) is 0 Å². The van der Waals surface area contributed by atoms with E-state index in [0.29, 0.717) is 0 Å². The second-order valence-corrected chi connectivity index (χ2v) is 16.7. The first kappa shape index (κ1) is 30.7. The monoisotopic (exact) mass is 766 g/mol. The number of rotatable bonds is 1. The smallest absolute Gasteiger partial charge is 0.178 e. The fourth-order valence-electron chi connectivity index (χ4n) is 11.2. The van der Waals surface area contributed by atoms with Crippen molar-refractivity contribution in [2.45, 2.75) is 0 Å². The molecule has 0 bridgehead atoms. The number of benzene rings is 11. The Kier molecular flexibility index (Phi) is 5.50. The largest absolute Gasteiger partial charge is 0.452 e. The lowest BCUT2D eigenvalue weighted by Crippen LogP contribution is -1.91. The third-order valence-electron chi connectivity index (χ3n) is 13.6. The SMILES string of the molecule is Clc1c2c(cc3c1ccc1c4cc5c(c(-c6cccc7c6oc6c7ccc7c8ccccc8oc76)c4ccc31)-c1cccc3cccc-5c13)-c1cccc3cccc-2c13. The zero-order chi connectivity index (χ0) is 38.2. The van der Waals surface area contributed by atoms with E-state index in [9.17, 15) is 0 Å². The van der Waals surface area contributed by atoms with Gasteiger partial charge < -0.3 is 8.83 Å². The molecule has 59 heavy (non-hydrogen) atoms. The van der Waals surface area contributed by atoms with E-state index in [1.54, 1.807) is 0 Å². The molecular weight excluding hydrogens is 740 g/mol. The molecule has 0 amide bonds. The molecule has 270 valence electrons. The van der Waals surface area contributed by atoms with Gasteiger partial charge in [-0.25, -0.2) is 0 Å². The highest BCUT2D eigenvalue weighted by atomic mass is 35.5. The van der Waals surface area contributed by atoms with Gasteiger partial charge in [0.25, 0.3) is 0 Å². The first-order valence-electron chi connectivity index (χ1n) is 20.2. The summed E-state index contributed by atoms with van der Waals surface area (Å²) in [6, 6.07) is 59.8. The van der Waals surface area contributed by atoms with E-state index < -0.39 is 0 Å². The molecule has 15 rings (SSSR count). The summed E-state index contributed by atoms with van der Waals surface area (Å²) in [7, 11) is 0. The Hall–Kier alpha value is -7.39. The lowest BCUT2D eigenvalue weighted by molar-refractivity contribution is 0.634. The van der Waals surface area contributed by atoms with E-state index in [1.165, 1.54) is 93.0 Å². The van der Waals surface area contributed by atoms with Crippen LogP contribution in [-0.2, 0) is 0 Å². The van der Waals surface area contributed by atoms with Crippen LogP contribution in [0.3, 0.4) is 0 Å². The summed E-state index contributed by atoms with van der Waals surface area (Å²) in [6.45, 7) is 0. The van der Waals surface area contributed by atoms with E-state index >= 15 is 0 Å². The summed E-state index contributed by atoms with van der Waals surface area (Å²) >= 11 is 7.49. The maximum atomic E-state index is 7.49. The first-order valence-corrected chi connectivity index (χ1v) is 20.6. The Labute approximate surface area is 341 Å². The van der Waals surface area contributed by atoms with Crippen molar-refractivity contribution in [3.8, 4) is 55.6 Å². The molecule has 0 spiro atoms. The summed E-state index contributed by atoms with van der Waals surface area (Å²) in [4.78, 5) is 0. The fourth-order valence-corrected chi connectivity index (χ4v) is 11.5.